The monoisotopic (exact) mass is 331 g/mol. The highest BCUT2D eigenvalue weighted by atomic mass is 79.9. The first-order valence-corrected chi connectivity index (χ1v) is 7.10. The molecule has 0 aromatic carbocycles. The summed E-state index contributed by atoms with van der Waals surface area (Å²) in [5.41, 5.74) is 0.586. The average Bonchev–Trinajstić information content (AvgIpc) is 2.68. The number of halogens is 1. The first kappa shape index (κ1) is 16.3. The van der Waals surface area contributed by atoms with E-state index in [1.165, 1.54) is 0 Å². The van der Waals surface area contributed by atoms with Crippen LogP contribution in [0.5, 0.6) is 0 Å². The molecule has 1 atom stereocenters. The van der Waals surface area contributed by atoms with Crippen LogP contribution in [0.4, 0.5) is 0 Å². The molecule has 108 valence electrons. The summed E-state index contributed by atoms with van der Waals surface area (Å²) in [5.74, 6) is 0.0993. The fourth-order valence-electron chi connectivity index (χ4n) is 1.89. The third-order valence-corrected chi connectivity index (χ3v) is 3.49. The minimum absolute atomic E-state index is 0.0272. The second-order valence-corrected chi connectivity index (χ2v) is 5.99. The van der Waals surface area contributed by atoms with Gasteiger partial charge in [0.15, 0.2) is 0 Å². The topological polar surface area (TPSA) is 47.4 Å². The molecule has 5 nitrogen and oxygen atoms in total. The Morgan fingerprint density at radius 1 is 1.53 bits per heavy atom. The molecule has 0 bridgehead atoms. The molecule has 1 aromatic heterocycles. The van der Waals surface area contributed by atoms with E-state index >= 15 is 0 Å². The van der Waals surface area contributed by atoms with E-state index in [-0.39, 0.29) is 11.7 Å². The van der Waals surface area contributed by atoms with Crippen LogP contribution in [0.3, 0.4) is 0 Å². The number of methoxy groups -OCH3 is 1. The van der Waals surface area contributed by atoms with Crippen molar-refractivity contribution in [2.45, 2.75) is 26.5 Å². The lowest BCUT2D eigenvalue weighted by molar-refractivity contribution is 0.0447. The number of hydrogen-bond acceptors (Lipinski definition) is 4. The van der Waals surface area contributed by atoms with E-state index in [2.05, 4.69) is 25.9 Å². The predicted molar refractivity (Wildman–Crippen MR) is 78.4 cm³/mol. The number of likely N-dealkylation sites (N-methyl/N-ethyl adjacent to an activating group) is 1. The van der Waals surface area contributed by atoms with Gasteiger partial charge in [-0.15, -0.1) is 0 Å². The number of rotatable bonds is 7. The Balaban J connectivity index is 2.98. The van der Waals surface area contributed by atoms with Crippen molar-refractivity contribution in [1.82, 2.24) is 14.7 Å². The lowest BCUT2D eigenvalue weighted by Gasteiger charge is -2.19. The first-order chi connectivity index (χ1) is 8.88. The largest absolute Gasteiger partial charge is 0.373 e. The maximum absolute atomic E-state index is 12.5. The van der Waals surface area contributed by atoms with Crippen LogP contribution < -0.4 is 0 Å². The maximum Gasteiger partial charge on any atom is 0.210 e. The van der Waals surface area contributed by atoms with Crippen molar-refractivity contribution >= 4 is 21.7 Å². The summed E-state index contributed by atoms with van der Waals surface area (Å²) in [6.07, 6.45) is 1.22. The van der Waals surface area contributed by atoms with Gasteiger partial charge in [0, 0.05) is 13.7 Å². The molecule has 1 unspecified atom stereocenters. The Bertz CT molecular complexity index is 430. The van der Waals surface area contributed by atoms with E-state index < -0.39 is 6.10 Å². The van der Waals surface area contributed by atoms with Gasteiger partial charge >= 0.3 is 0 Å². The van der Waals surface area contributed by atoms with E-state index in [1.807, 2.05) is 27.9 Å². The van der Waals surface area contributed by atoms with Crippen molar-refractivity contribution in [3.05, 3.63) is 16.4 Å². The Morgan fingerprint density at radius 3 is 2.63 bits per heavy atom. The Kier molecular flexibility index (Phi) is 6.16. The molecule has 1 heterocycles. The Morgan fingerprint density at radius 2 is 2.16 bits per heavy atom. The van der Waals surface area contributed by atoms with Crippen molar-refractivity contribution in [3.8, 4) is 0 Å². The number of carbonyl (C=O) groups excluding carboxylic acids is 1. The zero-order chi connectivity index (χ0) is 14.6. The third-order valence-electron chi connectivity index (χ3n) is 2.91. The van der Waals surface area contributed by atoms with Gasteiger partial charge in [0.25, 0.3) is 0 Å². The van der Waals surface area contributed by atoms with Gasteiger partial charge in [0.1, 0.15) is 11.8 Å². The molecule has 1 rings (SSSR count). The molecule has 1 aromatic rings. The van der Waals surface area contributed by atoms with E-state index in [4.69, 9.17) is 4.74 Å². The summed E-state index contributed by atoms with van der Waals surface area (Å²) >= 11 is 3.40. The molecule has 0 saturated heterocycles. The van der Waals surface area contributed by atoms with Crippen molar-refractivity contribution < 1.29 is 9.53 Å². The normalized spacial score (nSPS) is 13.3. The number of Topliss-reactive ketones (excluding diaryl/α,β-unsaturated/α-hetero) is 1. The summed E-state index contributed by atoms with van der Waals surface area (Å²) in [6, 6.07) is 0. The van der Waals surface area contributed by atoms with Crippen molar-refractivity contribution in [3.63, 3.8) is 0 Å². The third kappa shape index (κ3) is 4.12. The van der Waals surface area contributed by atoms with Crippen LogP contribution in [0.25, 0.3) is 0 Å². The van der Waals surface area contributed by atoms with Gasteiger partial charge in [-0.05, 0) is 35.9 Å². The average molecular weight is 332 g/mol. The summed E-state index contributed by atoms with van der Waals surface area (Å²) in [5, 5.41) is 4.25. The Labute approximate surface area is 123 Å². The molecule has 6 heteroatoms. The second kappa shape index (κ2) is 7.17. The standard InChI is InChI=1S/C13H22BrN3O2/c1-9(2)13(19-5)12(18)11-10(14)8-15-17(11)7-6-16(3)4/h8-9,13H,6-7H2,1-5H3. The summed E-state index contributed by atoms with van der Waals surface area (Å²) in [7, 11) is 5.55. The van der Waals surface area contributed by atoms with Gasteiger partial charge in [0.05, 0.1) is 17.2 Å². The predicted octanol–water partition coefficient (Wildman–Crippen LogP) is 2.06. The lowest BCUT2D eigenvalue weighted by Crippen LogP contribution is -2.31. The zero-order valence-electron chi connectivity index (χ0n) is 12.2. The smallest absolute Gasteiger partial charge is 0.210 e. The van der Waals surface area contributed by atoms with Crippen molar-refractivity contribution in [1.29, 1.82) is 0 Å². The molecule has 0 aliphatic rings. The fraction of sp³-hybridized carbons (Fsp3) is 0.692. The van der Waals surface area contributed by atoms with Gasteiger partial charge < -0.3 is 9.64 Å². The van der Waals surface area contributed by atoms with Gasteiger partial charge in [-0.2, -0.15) is 5.10 Å². The van der Waals surface area contributed by atoms with E-state index in [1.54, 1.807) is 18.0 Å². The molecule has 0 spiro atoms. The van der Waals surface area contributed by atoms with Crippen LogP contribution in [0, 0.1) is 5.92 Å². The summed E-state index contributed by atoms with van der Waals surface area (Å²) in [4.78, 5) is 14.6. The molecule has 0 radical (unpaired) electrons. The molecular formula is C13H22BrN3O2. The number of carbonyl (C=O) groups is 1. The van der Waals surface area contributed by atoms with Crippen LogP contribution >= 0.6 is 15.9 Å². The summed E-state index contributed by atoms with van der Waals surface area (Å²) in [6.45, 7) is 5.45. The van der Waals surface area contributed by atoms with Crippen LogP contribution in [-0.2, 0) is 11.3 Å². The number of hydrogen-bond donors (Lipinski definition) is 0. The molecule has 0 amide bonds. The van der Waals surface area contributed by atoms with E-state index in [0.29, 0.717) is 12.2 Å². The minimum atomic E-state index is -0.439. The Hall–Kier alpha value is -0.720. The van der Waals surface area contributed by atoms with Gasteiger partial charge in [-0.25, -0.2) is 0 Å². The highest BCUT2D eigenvalue weighted by Gasteiger charge is 2.28. The second-order valence-electron chi connectivity index (χ2n) is 5.13. The maximum atomic E-state index is 12.5. The van der Waals surface area contributed by atoms with Crippen LogP contribution in [-0.4, -0.2) is 54.3 Å². The van der Waals surface area contributed by atoms with Crippen LogP contribution in [0.2, 0.25) is 0 Å². The lowest BCUT2D eigenvalue weighted by atomic mass is 10.0. The molecule has 0 saturated carbocycles. The molecule has 19 heavy (non-hydrogen) atoms. The zero-order valence-corrected chi connectivity index (χ0v) is 13.8. The molecular weight excluding hydrogens is 310 g/mol. The molecule has 0 aliphatic heterocycles. The minimum Gasteiger partial charge on any atom is -0.373 e. The first-order valence-electron chi connectivity index (χ1n) is 6.31. The molecule has 0 fully saturated rings. The van der Waals surface area contributed by atoms with Gasteiger partial charge in [-0.1, -0.05) is 13.8 Å². The van der Waals surface area contributed by atoms with E-state index in [0.717, 1.165) is 11.0 Å². The van der Waals surface area contributed by atoms with Crippen molar-refractivity contribution in [2.75, 3.05) is 27.7 Å². The molecule has 0 N–H and O–H groups in total. The van der Waals surface area contributed by atoms with E-state index in [9.17, 15) is 4.79 Å². The highest BCUT2D eigenvalue weighted by Crippen LogP contribution is 2.21. The van der Waals surface area contributed by atoms with Crippen LogP contribution in [0.15, 0.2) is 10.7 Å². The van der Waals surface area contributed by atoms with Crippen LogP contribution in [0.1, 0.15) is 24.3 Å². The van der Waals surface area contributed by atoms with Gasteiger partial charge in [0.2, 0.25) is 5.78 Å². The van der Waals surface area contributed by atoms with Gasteiger partial charge in [-0.3, -0.25) is 9.48 Å². The number of nitrogens with zero attached hydrogens (tertiary/aromatic N) is 3. The quantitative estimate of drug-likeness (QED) is 0.717. The number of ketones is 1. The SMILES string of the molecule is COC(C(=O)c1c(Br)cnn1CCN(C)C)C(C)C. The summed E-state index contributed by atoms with van der Waals surface area (Å²) < 4.78 is 7.77. The number of ether oxygens (including phenoxy) is 1. The highest BCUT2D eigenvalue weighted by molar-refractivity contribution is 9.10. The fourth-order valence-corrected chi connectivity index (χ4v) is 2.38. The van der Waals surface area contributed by atoms with Crippen molar-refractivity contribution in [2.24, 2.45) is 5.92 Å². The molecule has 0 aliphatic carbocycles. The number of aromatic nitrogens is 2.